The molecular weight excluding hydrogens is 787 g/mol. The molecule has 2 aromatic heterocycles. The number of piperidine rings is 2. The number of hydrogen-bond donors (Lipinski definition) is 2. The van der Waals surface area contributed by atoms with Crippen LogP contribution in [0.2, 0.25) is 5.02 Å². The molecule has 308 valence electrons. The average molecular weight is 829 g/mol. The second-order valence-corrected chi connectivity index (χ2v) is 15.8. The number of amides is 4. The first-order valence-corrected chi connectivity index (χ1v) is 19.4. The number of nitrogens with one attached hydrogen (secondary N) is 2. The van der Waals surface area contributed by atoms with Gasteiger partial charge in [0.25, 0.3) is 11.8 Å². The zero-order valence-corrected chi connectivity index (χ0v) is 32.5. The van der Waals surface area contributed by atoms with Gasteiger partial charge in [-0.3, -0.25) is 34.1 Å². The highest BCUT2D eigenvalue weighted by Crippen LogP contribution is 2.47. The van der Waals surface area contributed by atoms with Crippen LogP contribution in [0.3, 0.4) is 0 Å². The first-order chi connectivity index (χ1) is 27.5. The number of anilines is 3. The molecule has 0 bridgehead atoms. The van der Waals surface area contributed by atoms with Gasteiger partial charge in [-0.15, -0.1) is 0 Å². The van der Waals surface area contributed by atoms with Crippen LogP contribution in [0.25, 0.3) is 10.9 Å². The molecule has 4 aromatic rings. The monoisotopic (exact) mass is 828 g/mol. The van der Waals surface area contributed by atoms with E-state index in [1.807, 2.05) is 15.8 Å². The molecule has 4 amide bonds. The third-order valence-electron chi connectivity index (χ3n) is 11.5. The minimum absolute atomic E-state index is 0.0424. The van der Waals surface area contributed by atoms with E-state index in [4.69, 9.17) is 16.7 Å². The Morgan fingerprint density at radius 1 is 1.05 bits per heavy atom. The van der Waals surface area contributed by atoms with Crippen LogP contribution in [0, 0.1) is 5.92 Å². The summed E-state index contributed by atoms with van der Waals surface area (Å²) in [7, 11) is 3.16. The molecule has 0 radical (unpaired) electrons. The molecule has 0 spiro atoms. The summed E-state index contributed by atoms with van der Waals surface area (Å²) < 4.78 is 73.6. The summed E-state index contributed by atoms with van der Waals surface area (Å²) in [6.07, 6.45) is 1.37. The third-order valence-corrected chi connectivity index (χ3v) is 11.8. The lowest BCUT2D eigenvalue weighted by atomic mass is 9.82. The molecule has 2 unspecified atom stereocenters. The van der Waals surface area contributed by atoms with Gasteiger partial charge >= 0.3 is 6.18 Å². The molecule has 4 heterocycles. The summed E-state index contributed by atoms with van der Waals surface area (Å²) in [5, 5.41) is 10.4. The quantitative estimate of drug-likeness (QED) is 0.0989. The molecule has 3 aliphatic rings. The van der Waals surface area contributed by atoms with Gasteiger partial charge in [-0.1, -0.05) is 29.8 Å². The molecule has 1 aliphatic carbocycles. The number of fused-ring (bicyclic) bond motifs is 1. The van der Waals surface area contributed by atoms with Gasteiger partial charge in [0.1, 0.15) is 17.4 Å². The molecule has 12 nitrogen and oxygen atoms in total. The Labute approximate surface area is 335 Å². The minimum atomic E-state index is -4.70. The highest BCUT2D eigenvalue weighted by Gasteiger charge is 2.47. The maximum Gasteiger partial charge on any atom is 0.433 e. The SMILES string of the molecule is CN(C=O)c1c(C2CCN(CC3CCC(n4cc5cc(NC(=O)c6cccc(C(F)(F)F)n6)c(Cl)cc5n4)CC3)CC2(F)F)cccc1N(C)C1CCC(=O)NC1=O. The summed E-state index contributed by atoms with van der Waals surface area (Å²) in [5.74, 6) is -5.78. The van der Waals surface area contributed by atoms with E-state index >= 15 is 8.78 Å². The number of carbonyl (C=O) groups excluding carboxylic acids is 4. The second-order valence-electron chi connectivity index (χ2n) is 15.4. The number of carbonyl (C=O) groups is 4. The van der Waals surface area contributed by atoms with Crippen molar-refractivity contribution in [1.82, 2.24) is 25.0 Å². The van der Waals surface area contributed by atoms with Crippen molar-refractivity contribution in [1.29, 1.82) is 0 Å². The highest BCUT2D eigenvalue weighted by molar-refractivity contribution is 6.34. The average Bonchev–Trinajstić information content (AvgIpc) is 3.59. The van der Waals surface area contributed by atoms with E-state index in [1.54, 1.807) is 42.3 Å². The van der Waals surface area contributed by atoms with Gasteiger partial charge in [-0.2, -0.15) is 18.3 Å². The standard InChI is InChI=1S/C40H42ClF5N8O4/c1-51(22-55)36-26(5-3-7-32(36)52(2)33-13-14-35(56)49-38(33)58)27-15-16-53(21-39(27,42)43)19-23-9-11-25(12-10-23)54-20-24-17-31(28(41)18-30(24)50-54)48-37(57)29-6-4-8-34(47-29)40(44,45)46/h3-8,17-18,20,22-23,25,27,33H,9-16,19,21H2,1-2H3,(H,48,57)(H,49,56,58). The Morgan fingerprint density at radius 3 is 2.48 bits per heavy atom. The van der Waals surface area contributed by atoms with E-state index in [1.165, 1.54) is 18.0 Å². The van der Waals surface area contributed by atoms with E-state index in [0.717, 1.165) is 37.8 Å². The maximum atomic E-state index is 16.2. The maximum absolute atomic E-state index is 16.2. The van der Waals surface area contributed by atoms with Crippen LogP contribution in [0.1, 0.15) is 78.7 Å². The van der Waals surface area contributed by atoms with Gasteiger partial charge in [0.2, 0.25) is 18.2 Å². The first-order valence-electron chi connectivity index (χ1n) is 19.0. The van der Waals surface area contributed by atoms with Crippen molar-refractivity contribution in [2.24, 2.45) is 5.92 Å². The lowest BCUT2D eigenvalue weighted by Gasteiger charge is -2.42. The van der Waals surface area contributed by atoms with Gasteiger partial charge in [0.15, 0.2) is 0 Å². The third kappa shape index (κ3) is 8.51. The predicted octanol–water partition coefficient (Wildman–Crippen LogP) is 7.05. The zero-order valence-electron chi connectivity index (χ0n) is 31.7. The van der Waals surface area contributed by atoms with E-state index in [0.29, 0.717) is 47.3 Å². The summed E-state index contributed by atoms with van der Waals surface area (Å²) in [6.45, 7) is 0.504. The normalized spacial score (nSPS) is 22.7. The molecule has 2 atom stereocenters. The number of imide groups is 1. The summed E-state index contributed by atoms with van der Waals surface area (Å²) >= 11 is 6.43. The molecule has 58 heavy (non-hydrogen) atoms. The number of likely N-dealkylation sites (tertiary alicyclic amines) is 1. The fraction of sp³-hybridized carbons (Fsp3) is 0.450. The van der Waals surface area contributed by atoms with Crippen molar-refractivity contribution < 1.29 is 41.1 Å². The number of alkyl halides is 5. The van der Waals surface area contributed by atoms with Crippen molar-refractivity contribution in [2.75, 3.05) is 48.8 Å². The van der Waals surface area contributed by atoms with Crippen LogP contribution in [-0.2, 0) is 20.6 Å². The molecule has 2 N–H and O–H groups in total. The van der Waals surface area contributed by atoms with E-state index in [-0.39, 0.29) is 47.8 Å². The fourth-order valence-corrected chi connectivity index (χ4v) is 8.74. The summed E-state index contributed by atoms with van der Waals surface area (Å²) in [5.41, 5.74) is 0.253. The number of pyridine rings is 1. The van der Waals surface area contributed by atoms with Crippen LogP contribution in [-0.4, -0.2) is 89.5 Å². The molecule has 7 rings (SSSR count). The number of para-hydroxylation sites is 1. The summed E-state index contributed by atoms with van der Waals surface area (Å²) in [6, 6.07) is 10.5. The second kappa shape index (κ2) is 16.2. The van der Waals surface area contributed by atoms with Crippen molar-refractivity contribution in [2.45, 2.75) is 75.0 Å². The van der Waals surface area contributed by atoms with Gasteiger partial charge < -0.3 is 15.1 Å². The molecule has 18 heteroatoms. The van der Waals surface area contributed by atoms with Crippen molar-refractivity contribution in [3.63, 3.8) is 0 Å². The van der Waals surface area contributed by atoms with Gasteiger partial charge in [0.05, 0.1) is 46.1 Å². The largest absolute Gasteiger partial charge is 0.433 e. The number of halogens is 6. The van der Waals surface area contributed by atoms with Crippen molar-refractivity contribution in [3.05, 3.63) is 76.7 Å². The van der Waals surface area contributed by atoms with E-state index in [9.17, 15) is 32.3 Å². The van der Waals surface area contributed by atoms with Gasteiger partial charge in [-0.05, 0) is 86.9 Å². The number of nitrogens with zero attached hydrogens (tertiary/aromatic N) is 6. The highest BCUT2D eigenvalue weighted by atomic mass is 35.5. The molecule has 2 aromatic carbocycles. The van der Waals surface area contributed by atoms with Crippen LogP contribution < -0.4 is 20.4 Å². The number of likely N-dealkylation sites (N-methyl/N-ethyl adjacent to an activating group) is 1. The first kappa shape index (κ1) is 41.0. The topological polar surface area (TPSA) is 133 Å². The zero-order chi connectivity index (χ0) is 41.5. The van der Waals surface area contributed by atoms with Crippen LogP contribution in [0.15, 0.2) is 54.7 Å². The molecule has 1 saturated carbocycles. The lowest BCUT2D eigenvalue weighted by molar-refractivity contribution is -0.141. The number of benzene rings is 2. The Morgan fingerprint density at radius 2 is 1.79 bits per heavy atom. The number of rotatable bonds is 10. The van der Waals surface area contributed by atoms with Crippen LogP contribution in [0.5, 0.6) is 0 Å². The fourth-order valence-electron chi connectivity index (χ4n) is 8.53. The molecule has 2 aliphatic heterocycles. The van der Waals surface area contributed by atoms with Gasteiger partial charge in [0, 0.05) is 38.6 Å². The summed E-state index contributed by atoms with van der Waals surface area (Å²) in [4.78, 5) is 57.4. The van der Waals surface area contributed by atoms with Crippen molar-refractivity contribution in [3.8, 4) is 0 Å². The Kier molecular flexibility index (Phi) is 11.5. The predicted molar refractivity (Wildman–Crippen MR) is 207 cm³/mol. The number of hydrogen-bond acceptors (Lipinski definition) is 8. The van der Waals surface area contributed by atoms with Gasteiger partial charge in [-0.25, -0.2) is 13.8 Å². The van der Waals surface area contributed by atoms with Crippen LogP contribution >= 0.6 is 11.6 Å². The Balaban J connectivity index is 0.975. The number of aromatic nitrogens is 3. The Bertz CT molecular complexity index is 2230. The smallest absolute Gasteiger partial charge is 0.361 e. The molecular formula is C40H42ClF5N8O4. The van der Waals surface area contributed by atoms with Crippen LogP contribution in [0.4, 0.5) is 39.0 Å². The van der Waals surface area contributed by atoms with Crippen molar-refractivity contribution >= 4 is 63.7 Å². The van der Waals surface area contributed by atoms with E-state index in [2.05, 4.69) is 15.6 Å². The Hall–Kier alpha value is -5.16. The lowest BCUT2D eigenvalue weighted by Crippen LogP contribution is -2.52. The minimum Gasteiger partial charge on any atom is -0.361 e. The van der Waals surface area contributed by atoms with E-state index < -0.39 is 53.8 Å². The molecule has 2 saturated heterocycles. The molecule has 3 fully saturated rings.